The highest BCUT2D eigenvalue weighted by atomic mass is 32.1. The quantitative estimate of drug-likeness (QED) is 0.647. The number of thiophene rings is 1. The minimum absolute atomic E-state index is 0.00245. The molecule has 0 radical (unpaired) electrons. The molecule has 3 aromatic rings. The van der Waals surface area contributed by atoms with Crippen LogP contribution in [0.3, 0.4) is 0 Å². The lowest BCUT2D eigenvalue weighted by molar-refractivity contribution is 0.104. The van der Waals surface area contributed by atoms with Crippen molar-refractivity contribution < 1.29 is 4.79 Å². The van der Waals surface area contributed by atoms with Gasteiger partial charge in [0.2, 0.25) is 0 Å². The zero-order valence-electron chi connectivity index (χ0n) is 8.83. The molecule has 2 aromatic heterocycles. The zero-order chi connectivity index (χ0) is 11.7. The molecule has 1 aromatic carbocycles. The van der Waals surface area contributed by atoms with Gasteiger partial charge >= 0.3 is 0 Å². The van der Waals surface area contributed by atoms with Gasteiger partial charge in [-0.15, -0.1) is 0 Å². The van der Waals surface area contributed by atoms with Crippen LogP contribution >= 0.6 is 11.3 Å². The Hall–Kier alpha value is -2.07. The minimum Gasteiger partial charge on any atom is -0.288 e. The summed E-state index contributed by atoms with van der Waals surface area (Å²) >= 11 is 1.51. The van der Waals surface area contributed by atoms with Crippen LogP contribution in [-0.4, -0.2) is 15.8 Å². The lowest BCUT2D eigenvalue weighted by Gasteiger charge is -2.02. The fourth-order valence-corrected chi connectivity index (χ4v) is 2.36. The second-order valence-corrected chi connectivity index (χ2v) is 4.35. The van der Waals surface area contributed by atoms with Crippen molar-refractivity contribution in [1.29, 1.82) is 0 Å². The maximum Gasteiger partial charge on any atom is 0.196 e. The third-order valence-corrected chi connectivity index (χ3v) is 3.21. The molecular formula is C13H8N2OS. The van der Waals surface area contributed by atoms with Crippen LogP contribution in [-0.2, 0) is 0 Å². The van der Waals surface area contributed by atoms with E-state index in [4.69, 9.17) is 0 Å². The van der Waals surface area contributed by atoms with E-state index >= 15 is 0 Å². The van der Waals surface area contributed by atoms with Crippen molar-refractivity contribution in [3.63, 3.8) is 0 Å². The van der Waals surface area contributed by atoms with E-state index in [1.165, 1.54) is 11.3 Å². The van der Waals surface area contributed by atoms with Crippen LogP contribution in [0, 0.1) is 0 Å². The van der Waals surface area contributed by atoms with Crippen LogP contribution in [0.15, 0.2) is 47.4 Å². The summed E-state index contributed by atoms with van der Waals surface area (Å²) in [4.78, 5) is 20.7. The van der Waals surface area contributed by atoms with E-state index in [1.807, 2.05) is 29.0 Å². The highest BCUT2D eigenvalue weighted by molar-refractivity contribution is 7.08. The van der Waals surface area contributed by atoms with E-state index in [0.717, 1.165) is 5.52 Å². The first kappa shape index (κ1) is 10.1. The number of aromatic nitrogens is 2. The molecule has 0 N–H and O–H groups in total. The van der Waals surface area contributed by atoms with E-state index in [0.29, 0.717) is 16.6 Å². The van der Waals surface area contributed by atoms with Gasteiger partial charge in [-0.2, -0.15) is 11.3 Å². The second kappa shape index (κ2) is 4.07. The SMILES string of the molecule is O=C(c1ccsc1)c1cccc2nccnc12. The molecule has 0 aliphatic rings. The standard InChI is InChI=1S/C13H8N2OS/c16-13(9-4-7-17-8-9)10-2-1-3-11-12(10)15-6-5-14-11/h1-8H. The van der Waals surface area contributed by atoms with Crippen molar-refractivity contribution in [3.05, 3.63) is 58.5 Å². The Morgan fingerprint density at radius 1 is 1.12 bits per heavy atom. The average Bonchev–Trinajstić information content (AvgIpc) is 2.91. The predicted molar refractivity (Wildman–Crippen MR) is 67.3 cm³/mol. The van der Waals surface area contributed by atoms with Gasteiger partial charge in [0.1, 0.15) is 0 Å². The monoisotopic (exact) mass is 240 g/mol. The zero-order valence-corrected chi connectivity index (χ0v) is 9.65. The largest absolute Gasteiger partial charge is 0.288 e. The summed E-state index contributed by atoms with van der Waals surface area (Å²) < 4.78 is 0. The van der Waals surface area contributed by atoms with E-state index in [2.05, 4.69) is 9.97 Å². The number of para-hydroxylation sites is 1. The number of fused-ring (bicyclic) bond motifs is 1. The molecule has 0 unspecified atom stereocenters. The van der Waals surface area contributed by atoms with Crippen molar-refractivity contribution in [2.24, 2.45) is 0 Å². The van der Waals surface area contributed by atoms with Crippen LogP contribution in [0.25, 0.3) is 11.0 Å². The Morgan fingerprint density at radius 3 is 2.82 bits per heavy atom. The molecular weight excluding hydrogens is 232 g/mol. The Labute approximate surface area is 102 Å². The van der Waals surface area contributed by atoms with Crippen LogP contribution in [0.2, 0.25) is 0 Å². The second-order valence-electron chi connectivity index (χ2n) is 3.57. The van der Waals surface area contributed by atoms with Crippen LogP contribution in [0.1, 0.15) is 15.9 Å². The first-order valence-electron chi connectivity index (χ1n) is 5.13. The summed E-state index contributed by atoms with van der Waals surface area (Å²) in [5, 5.41) is 3.74. The molecule has 3 nitrogen and oxygen atoms in total. The molecule has 0 spiro atoms. The van der Waals surface area contributed by atoms with Gasteiger partial charge in [0.05, 0.1) is 16.6 Å². The molecule has 0 aliphatic carbocycles. The van der Waals surface area contributed by atoms with Gasteiger partial charge in [0, 0.05) is 23.3 Å². The van der Waals surface area contributed by atoms with Gasteiger partial charge < -0.3 is 0 Å². The number of hydrogen-bond acceptors (Lipinski definition) is 4. The highest BCUT2D eigenvalue weighted by Gasteiger charge is 2.13. The van der Waals surface area contributed by atoms with Crippen LogP contribution < -0.4 is 0 Å². The summed E-state index contributed by atoms with van der Waals surface area (Å²) in [7, 11) is 0. The molecule has 4 heteroatoms. The van der Waals surface area contributed by atoms with Gasteiger partial charge in [0.25, 0.3) is 0 Å². The van der Waals surface area contributed by atoms with E-state index in [1.54, 1.807) is 18.5 Å². The summed E-state index contributed by atoms with van der Waals surface area (Å²) in [5.74, 6) is -0.00245. The number of carbonyl (C=O) groups excluding carboxylic acids is 1. The number of hydrogen-bond donors (Lipinski definition) is 0. The maximum atomic E-state index is 12.3. The molecule has 0 atom stereocenters. The van der Waals surface area contributed by atoms with Crippen molar-refractivity contribution >= 4 is 28.2 Å². The summed E-state index contributed by atoms with van der Waals surface area (Å²) in [6.07, 6.45) is 3.23. The summed E-state index contributed by atoms with van der Waals surface area (Å²) in [6.45, 7) is 0. The summed E-state index contributed by atoms with van der Waals surface area (Å²) in [6, 6.07) is 7.29. The summed E-state index contributed by atoms with van der Waals surface area (Å²) in [5.41, 5.74) is 2.71. The number of rotatable bonds is 2. The predicted octanol–water partition coefficient (Wildman–Crippen LogP) is 2.92. The van der Waals surface area contributed by atoms with Gasteiger partial charge in [-0.25, -0.2) is 0 Å². The Bertz CT molecular complexity index is 671. The van der Waals surface area contributed by atoms with Gasteiger partial charge in [0.15, 0.2) is 5.78 Å². The molecule has 2 heterocycles. The number of ketones is 1. The molecule has 0 saturated carbocycles. The first-order chi connectivity index (χ1) is 8.36. The molecule has 0 fully saturated rings. The molecule has 0 saturated heterocycles. The lowest BCUT2D eigenvalue weighted by atomic mass is 10.0. The van der Waals surface area contributed by atoms with Gasteiger partial charge in [-0.1, -0.05) is 6.07 Å². The van der Waals surface area contributed by atoms with E-state index in [-0.39, 0.29) is 5.78 Å². The van der Waals surface area contributed by atoms with Crippen LogP contribution in [0.5, 0.6) is 0 Å². The van der Waals surface area contributed by atoms with E-state index < -0.39 is 0 Å². The number of nitrogens with zero attached hydrogens (tertiary/aromatic N) is 2. The van der Waals surface area contributed by atoms with Crippen molar-refractivity contribution in [3.8, 4) is 0 Å². The Balaban J connectivity index is 2.21. The lowest BCUT2D eigenvalue weighted by Crippen LogP contribution is -2.01. The van der Waals surface area contributed by atoms with Crippen molar-refractivity contribution in [2.45, 2.75) is 0 Å². The molecule has 0 amide bonds. The van der Waals surface area contributed by atoms with Crippen LogP contribution in [0.4, 0.5) is 0 Å². The van der Waals surface area contributed by atoms with Gasteiger partial charge in [-0.05, 0) is 23.6 Å². The fourth-order valence-electron chi connectivity index (χ4n) is 1.73. The van der Waals surface area contributed by atoms with Gasteiger partial charge in [-0.3, -0.25) is 14.8 Å². The Kier molecular flexibility index (Phi) is 2.42. The number of carbonyl (C=O) groups is 1. The average molecular weight is 240 g/mol. The molecule has 0 aliphatic heterocycles. The molecule has 82 valence electrons. The van der Waals surface area contributed by atoms with Crippen molar-refractivity contribution in [1.82, 2.24) is 9.97 Å². The normalized spacial score (nSPS) is 10.6. The topological polar surface area (TPSA) is 42.9 Å². The molecule has 3 rings (SSSR count). The smallest absolute Gasteiger partial charge is 0.196 e. The third kappa shape index (κ3) is 1.72. The maximum absolute atomic E-state index is 12.3. The molecule has 0 bridgehead atoms. The van der Waals surface area contributed by atoms with E-state index in [9.17, 15) is 4.79 Å². The highest BCUT2D eigenvalue weighted by Crippen LogP contribution is 2.19. The minimum atomic E-state index is -0.00245. The number of benzene rings is 1. The molecule has 17 heavy (non-hydrogen) atoms. The van der Waals surface area contributed by atoms with Crippen molar-refractivity contribution in [2.75, 3.05) is 0 Å². The first-order valence-corrected chi connectivity index (χ1v) is 6.07. The third-order valence-electron chi connectivity index (χ3n) is 2.53. The Morgan fingerprint density at radius 2 is 2.00 bits per heavy atom. The fraction of sp³-hybridized carbons (Fsp3) is 0.